The quantitative estimate of drug-likeness (QED) is 0.482. The number of hydrogen-bond acceptors (Lipinski definition) is 5. The van der Waals surface area contributed by atoms with Gasteiger partial charge < -0.3 is 10.1 Å². The second-order valence-electron chi connectivity index (χ2n) is 6.23. The number of aryl methyl sites for hydroxylation is 1. The molecule has 4 aromatic rings. The fraction of sp³-hybridized carbons (Fsp3) is 0.0952. The first-order chi connectivity index (χ1) is 14.0. The van der Waals surface area contributed by atoms with Gasteiger partial charge in [-0.1, -0.05) is 23.4 Å². The number of nitrogens with zero attached hydrogens (tertiary/aromatic N) is 3. The van der Waals surface area contributed by atoms with E-state index >= 15 is 0 Å². The molecule has 2 heterocycles. The third kappa shape index (κ3) is 4.06. The summed E-state index contributed by atoms with van der Waals surface area (Å²) >= 11 is 7.99. The molecule has 2 aromatic heterocycles. The van der Waals surface area contributed by atoms with Crippen molar-refractivity contribution in [3.63, 3.8) is 0 Å². The number of benzene rings is 2. The van der Waals surface area contributed by atoms with Crippen molar-refractivity contribution in [2.75, 3.05) is 12.4 Å². The topological polar surface area (TPSA) is 68.5 Å². The lowest BCUT2D eigenvalue weighted by Gasteiger charge is -2.09. The van der Waals surface area contributed by atoms with Crippen LogP contribution in [0.5, 0.6) is 5.75 Å². The number of fused-ring (bicyclic) bond motifs is 1. The summed E-state index contributed by atoms with van der Waals surface area (Å²) in [6, 6.07) is 14.9. The lowest BCUT2D eigenvalue weighted by Crippen LogP contribution is -2.13. The fourth-order valence-electron chi connectivity index (χ4n) is 2.89. The van der Waals surface area contributed by atoms with E-state index in [-0.39, 0.29) is 5.91 Å². The maximum absolute atomic E-state index is 12.8. The average Bonchev–Trinajstić information content (AvgIpc) is 3.06. The number of anilines is 1. The summed E-state index contributed by atoms with van der Waals surface area (Å²) in [7, 11) is 1.64. The zero-order chi connectivity index (χ0) is 20.4. The van der Waals surface area contributed by atoms with Crippen LogP contribution in [0, 0.1) is 6.92 Å². The maximum Gasteiger partial charge on any atom is 0.261 e. The lowest BCUT2D eigenvalue weighted by molar-refractivity contribution is 0.102. The minimum atomic E-state index is -0.275. The highest BCUT2D eigenvalue weighted by atomic mass is 35.5. The third-order valence-electron chi connectivity index (χ3n) is 4.27. The summed E-state index contributed by atoms with van der Waals surface area (Å²) in [5.74, 6) is 0.527. The van der Waals surface area contributed by atoms with Gasteiger partial charge in [0, 0.05) is 27.9 Å². The molecular formula is C21H17ClN4O2S. The van der Waals surface area contributed by atoms with Crippen molar-refractivity contribution < 1.29 is 9.53 Å². The van der Waals surface area contributed by atoms with Crippen molar-refractivity contribution in [1.82, 2.24) is 14.6 Å². The molecule has 0 aliphatic rings. The molecule has 8 heteroatoms. The van der Waals surface area contributed by atoms with Crippen LogP contribution in [0.15, 0.2) is 70.7 Å². The summed E-state index contributed by atoms with van der Waals surface area (Å²) in [5.41, 5.74) is 2.17. The van der Waals surface area contributed by atoms with Gasteiger partial charge >= 0.3 is 0 Å². The van der Waals surface area contributed by atoms with Gasteiger partial charge in [-0.15, -0.1) is 0 Å². The highest BCUT2D eigenvalue weighted by Crippen LogP contribution is 2.35. The van der Waals surface area contributed by atoms with Gasteiger partial charge in [-0.25, -0.2) is 9.50 Å². The van der Waals surface area contributed by atoms with Gasteiger partial charge in [-0.3, -0.25) is 4.79 Å². The first-order valence-electron chi connectivity index (χ1n) is 8.78. The molecule has 0 saturated heterocycles. The van der Waals surface area contributed by atoms with Crippen LogP contribution in [0.1, 0.15) is 16.1 Å². The van der Waals surface area contributed by atoms with Gasteiger partial charge in [0.1, 0.15) is 11.3 Å². The Morgan fingerprint density at radius 1 is 1.21 bits per heavy atom. The van der Waals surface area contributed by atoms with Crippen LogP contribution in [-0.2, 0) is 0 Å². The number of carbonyl (C=O) groups excluding carboxylic acids is 1. The Kier molecular flexibility index (Phi) is 5.42. The van der Waals surface area contributed by atoms with E-state index in [4.69, 9.17) is 16.3 Å². The Labute approximate surface area is 176 Å². The van der Waals surface area contributed by atoms with Crippen molar-refractivity contribution >= 4 is 40.6 Å². The largest absolute Gasteiger partial charge is 0.497 e. The molecule has 1 N–H and O–H groups in total. The zero-order valence-corrected chi connectivity index (χ0v) is 17.3. The summed E-state index contributed by atoms with van der Waals surface area (Å²) in [6.45, 7) is 1.78. The number of aromatic nitrogens is 3. The van der Waals surface area contributed by atoms with E-state index in [9.17, 15) is 4.79 Å². The highest BCUT2D eigenvalue weighted by Gasteiger charge is 2.18. The molecule has 0 spiro atoms. The number of hydrogen-bond donors (Lipinski definition) is 1. The molecule has 0 aliphatic heterocycles. The molecule has 0 bridgehead atoms. The van der Waals surface area contributed by atoms with Gasteiger partial charge in [0.25, 0.3) is 5.91 Å². The van der Waals surface area contributed by atoms with Gasteiger partial charge in [0.05, 0.1) is 17.8 Å². The molecule has 0 fully saturated rings. The van der Waals surface area contributed by atoms with Gasteiger partial charge in [-0.2, -0.15) is 5.10 Å². The number of ether oxygens (including phenoxy) is 1. The number of nitrogens with one attached hydrogen (secondary N) is 1. The monoisotopic (exact) mass is 424 g/mol. The van der Waals surface area contributed by atoms with Crippen molar-refractivity contribution in [2.24, 2.45) is 0 Å². The first-order valence-corrected chi connectivity index (χ1v) is 9.97. The van der Waals surface area contributed by atoms with Gasteiger partial charge in [-0.05, 0) is 55.5 Å². The molecule has 146 valence electrons. The lowest BCUT2D eigenvalue weighted by atomic mass is 10.2. The van der Waals surface area contributed by atoms with E-state index in [0.29, 0.717) is 27.6 Å². The predicted molar refractivity (Wildman–Crippen MR) is 114 cm³/mol. The van der Waals surface area contributed by atoms with Gasteiger partial charge in [0.2, 0.25) is 0 Å². The normalized spacial score (nSPS) is 10.9. The predicted octanol–water partition coefficient (Wildman–Crippen LogP) is 5.10. The van der Waals surface area contributed by atoms with Crippen molar-refractivity contribution in [3.05, 3.63) is 77.2 Å². The number of rotatable bonds is 5. The van der Waals surface area contributed by atoms with E-state index in [1.54, 1.807) is 43.1 Å². The van der Waals surface area contributed by atoms with E-state index in [2.05, 4.69) is 15.4 Å². The molecule has 4 rings (SSSR count). The first kappa shape index (κ1) is 19.3. The molecule has 2 aromatic carbocycles. The van der Waals surface area contributed by atoms with Crippen LogP contribution in [-0.4, -0.2) is 27.6 Å². The second-order valence-corrected chi connectivity index (χ2v) is 7.75. The number of carbonyl (C=O) groups is 1. The minimum Gasteiger partial charge on any atom is -0.497 e. The standard InChI is InChI=1S/C21H17ClN4O2S/c1-13-19(20-23-10-3-11-26(20)25-13)21(27)24-14-4-9-18(17(22)12-14)29-16-7-5-15(28-2)6-8-16/h3-12H,1-2H3,(H,24,27). The van der Waals surface area contributed by atoms with Crippen LogP contribution in [0.3, 0.4) is 0 Å². The number of halogens is 1. The molecule has 29 heavy (non-hydrogen) atoms. The molecule has 0 unspecified atom stereocenters. The Morgan fingerprint density at radius 2 is 2.00 bits per heavy atom. The molecule has 0 radical (unpaired) electrons. The minimum absolute atomic E-state index is 0.275. The smallest absolute Gasteiger partial charge is 0.261 e. The van der Waals surface area contributed by atoms with E-state index in [1.165, 1.54) is 11.8 Å². The summed E-state index contributed by atoms with van der Waals surface area (Å²) in [4.78, 5) is 19.0. The van der Waals surface area contributed by atoms with Crippen LogP contribution in [0.2, 0.25) is 5.02 Å². The van der Waals surface area contributed by atoms with Crippen molar-refractivity contribution in [2.45, 2.75) is 16.7 Å². The molecule has 1 amide bonds. The Bertz CT molecular complexity index is 1190. The van der Waals surface area contributed by atoms with Gasteiger partial charge in [0.15, 0.2) is 5.65 Å². The molecular weight excluding hydrogens is 408 g/mol. The van der Waals surface area contributed by atoms with Crippen LogP contribution < -0.4 is 10.1 Å². The van der Waals surface area contributed by atoms with E-state index < -0.39 is 0 Å². The third-order valence-corrected chi connectivity index (χ3v) is 5.78. The molecule has 0 atom stereocenters. The molecule has 0 saturated carbocycles. The zero-order valence-electron chi connectivity index (χ0n) is 15.7. The summed E-state index contributed by atoms with van der Waals surface area (Å²) in [6.07, 6.45) is 3.39. The summed E-state index contributed by atoms with van der Waals surface area (Å²) < 4.78 is 6.76. The van der Waals surface area contributed by atoms with Crippen molar-refractivity contribution in [1.29, 1.82) is 0 Å². The Balaban J connectivity index is 1.53. The van der Waals surface area contributed by atoms with Crippen LogP contribution in [0.4, 0.5) is 5.69 Å². The Hall–Kier alpha value is -3.03. The maximum atomic E-state index is 12.8. The van der Waals surface area contributed by atoms with E-state index in [1.807, 2.05) is 36.4 Å². The number of methoxy groups -OCH3 is 1. The summed E-state index contributed by atoms with van der Waals surface area (Å²) in [5, 5.41) is 7.76. The number of amides is 1. The SMILES string of the molecule is COc1ccc(Sc2ccc(NC(=O)c3c(C)nn4cccnc34)cc2Cl)cc1. The molecule has 0 aliphatic carbocycles. The Morgan fingerprint density at radius 3 is 2.72 bits per heavy atom. The molecule has 6 nitrogen and oxygen atoms in total. The second kappa shape index (κ2) is 8.14. The van der Waals surface area contributed by atoms with Crippen LogP contribution >= 0.6 is 23.4 Å². The fourth-order valence-corrected chi connectivity index (χ4v) is 4.00. The van der Waals surface area contributed by atoms with Crippen LogP contribution in [0.25, 0.3) is 5.65 Å². The van der Waals surface area contributed by atoms with Crippen molar-refractivity contribution in [3.8, 4) is 5.75 Å². The highest BCUT2D eigenvalue weighted by molar-refractivity contribution is 7.99. The average molecular weight is 425 g/mol. The van der Waals surface area contributed by atoms with E-state index in [0.717, 1.165) is 15.5 Å².